The topological polar surface area (TPSA) is 362 Å². The van der Waals surface area contributed by atoms with E-state index in [0.29, 0.717) is 54.0 Å². The molecule has 4 heterocycles. The lowest BCUT2D eigenvalue weighted by molar-refractivity contribution is -0.249. The van der Waals surface area contributed by atoms with E-state index >= 15 is 0 Å². The number of hydrogen-bond acceptors (Lipinski definition) is 21. The third kappa shape index (κ3) is 11.3. The predicted octanol–water partition coefficient (Wildman–Crippen LogP) is 4.22. The maximum Gasteiger partial charge on any atom is 0.412 e. The lowest BCUT2D eigenvalue weighted by atomic mass is 9.72. The molecule has 3 aromatic carbocycles. The largest absolute Gasteiger partial charge is 0.507 e. The van der Waals surface area contributed by atoms with Crippen molar-refractivity contribution >= 4 is 52.6 Å². The zero-order valence-electron chi connectivity index (χ0n) is 44.7. The summed E-state index contributed by atoms with van der Waals surface area (Å²) in [6.45, 7) is 1.55. The lowest BCUT2D eigenvalue weighted by Crippen LogP contribution is -2.56. The number of anilines is 1. The van der Waals surface area contributed by atoms with Gasteiger partial charge in [0, 0.05) is 73.0 Å². The van der Waals surface area contributed by atoms with Gasteiger partial charge in [0.25, 0.3) is 0 Å². The van der Waals surface area contributed by atoms with Crippen molar-refractivity contribution in [2.75, 3.05) is 19.0 Å². The number of fused-ring (bicyclic) bond motifs is 4. The molecule has 3 amide bonds. The van der Waals surface area contributed by atoms with E-state index in [0.717, 1.165) is 5.71 Å². The van der Waals surface area contributed by atoms with Gasteiger partial charge < -0.3 is 70.9 Å². The highest BCUT2D eigenvalue weighted by atomic mass is 16.7. The molecule has 24 heteroatoms. The minimum Gasteiger partial charge on any atom is -0.507 e. The number of aliphatic hydroxyl groups excluding tert-OH is 2. The number of pyridine rings is 2. The van der Waals surface area contributed by atoms with Crippen LogP contribution < -0.4 is 31.2 Å². The summed E-state index contributed by atoms with van der Waals surface area (Å²) in [6.07, 6.45) is -2.98. The smallest absolute Gasteiger partial charge is 0.412 e. The van der Waals surface area contributed by atoms with Gasteiger partial charge in [0.15, 0.2) is 17.9 Å². The van der Waals surface area contributed by atoms with Crippen LogP contribution in [0.4, 0.5) is 15.3 Å². The Hall–Kier alpha value is -8.52. The van der Waals surface area contributed by atoms with Crippen molar-refractivity contribution in [3.8, 4) is 23.0 Å². The highest BCUT2D eigenvalue weighted by molar-refractivity contribution is 6.31. The monoisotopic (exact) mass is 1120 g/mol. The first kappa shape index (κ1) is 56.7. The summed E-state index contributed by atoms with van der Waals surface area (Å²) in [5.74, 6) is -4.55. The average molecular weight is 1130 g/mol. The summed E-state index contributed by atoms with van der Waals surface area (Å²) in [5.41, 5.74) is 6.22. The summed E-state index contributed by atoms with van der Waals surface area (Å²) in [4.78, 5) is 88.6. The van der Waals surface area contributed by atoms with Crippen molar-refractivity contribution in [1.29, 1.82) is 0 Å². The molecular formula is C58H60N8O16. The molecular weight excluding hydrogens is 1060 g/mol. The Morgan fingerprint density at radius 3 is 2.20 bits per heavy atom. The number of phenols is 2. The molecule has 10 N–H and O–H groups in total. The van der Waals surface area contributed by atoms with Crippen LogP contribution >= 0.6 is 0 Å². The van der Waals surface area contributed by atoms with E-state index in [2.05, 4.69) is 36.1 Å². The fourth-order valence-corrected chi connectivity index (χ4v) is 11.6. The molecule has 0 spiro atoms. The Morgan fingerprint density at radius 1 is 0.817 bits per heavy atom. The Morgan fingerprint density at radius 2 is 1.52 bits per heavy atom. The van der Waals surface area contributed by atoms with Crippen molar-refractivity contribution in [3.05, 3.63) is 136 Å². The first-order chi connectivity index (χ1) is 39.4. The quantitative estimate of drug-likeness (QED) is 0.0731. The maximum absolute atomic E-state index is 14.1. The van der Waals surface area contributed by atoms with Gasteiger partial charge in [0.2, 0.25) is 11.7 Å². The predicted molar refractivity (Wildman–Crippen MR) is 290 cm³/mol. The standard InChI is InChI=1S/C58H60N8O16/c1-27-51(70)40(21-44(80-27)82-42-23-58(77,43(69)25-67)22-35-46(42)55(74)48-47(53(35)72)52(71)34-7-6-9-41(78-3)45(34)54(48)73)64-56(75)79-26-29-10-13-31(14-11-29)81-57(76)63-37-19-16-33-32(15-17-36(37)59)49(38-8-4-5-20-60-38)65-66-50(33)39-18-12-30(24-61-39)62-28(2)68/h4-14,18,20,24,27,32-33,36-37,40,42,44,51,67,70,72,74,77H,15-17,19,21-23,25-26,59H2,1-3H3,(H,62,68)(H,63,76)(H,64,75)/t27?,32?,33?,36?,37?,40-,42+,44+,51-,58+/m1/s1. The number of ketones is 3. The second-order valence-corrected chi connectivity index (χ2v) is 20.9. The molecule has 1 saturated heterocycles. The molecule has 2 aromatic heterocycles. The van der Waals surface area contributed by atoms with Crippen LogP contribution in [0.2, 0.25) is 0 Å². The number of aromatic hydroxyl groups is 2. The lowest BCUT2D eigenvalue weighted by Gasteiger charge is -2.42. The van der Waals surface area contributed by atoms with Crippen molar-refractivity contribution in [2.45, 2.75) is 114 Å². The van der Waals surface area contributed by atoms with E-state index in [9.17, 15) is 54.3 Å². The van der Waals surface area contributed by atoms with Crippen molar-refractivity contribution < 1.29 is 78.0 Å². The molecule has 24 nitrogen and oxygen atoms in total. The Kier molecular flexibility index (Phi) is 16.3. The van der Waals surface area contributed by atoms with Crippen LogP contribution in [0.5, 0.6) is 23.0 Å². The number of nitrogens with zero attached hydrogens (tertiary/aromatic N) is 4. The Balaban J connectivity index is 0.763. The number of aliphatic hydroxyl groups is 3. The third-order valence-electron chi connectivity index (χ3n) is 15.7. The number of aromatic nitrogens is 2. The zero-order valence-corrected chi connectivity index (χ0v) is 44.7. The number of nitrogens with two attached hydrogens (primary N) is 1. The number of methoxy groups -OCH3 is 1. The van der Waals surface area contributed by atoms with Gasteiger partial charge in [-0.2, -0.15) is 10.2 Å². The first-order valence-electron chi connectivity index (χ1n) is 26.7. The number of alkyl carbamates (subject to hydrolysis) is 1. The molecule has 5 aliphatic rings. The maximum atomic E-state index is 14.1. The number of rotatable bonds is 13. The number of phenolic OH excluding ortho intramolecular Hbond substituents is 2. The van der Waals surface area contributed by atoms with E-state index < -0.39 is 120 Å². The van der Waals surface area contributed by atoms with Crippen LogP contribution in [0.3, 0.4) is 0 Å². The fourth-order valence-electron chi connectivity index (χ4n) is 11.6. The second-order valence-electron chi connectivity index (χ2n) is 20.9. The molecule has 428 valence electrons. The van der Waals surface area contributed by atoms with Gasteiger partial charge >= 0.3 is 12.2 Å². The number of carbonyl (C=O) groups is 6. The molecule has 10 atom stereocenters. The minimum atomic E-state index is -2.40. The average Bonchev–Trinajstić information content (AvgIpc) is 1.34. The second kappa shape index (κ2) is 23.5. The first-order valence-corrected chi connectivity index (χ1v) is 26.7. The summed E-state index contributed by atoms with van der Waals surface area (Å²) in [7, 11) is 1.29. The van der Waals surface area contributed by atoms with Crippen LogP contribution in [0.1, 0.15) is 118 Å². The van der Waals surface area contributed by atoms with Crippen LogP contribution in [0.25, 0.3) is 0 Å². The SMILES string of the molecule is COc1cccc2c1C(=O)c1c(O)c3c(c(O)c1C2=O)C[C@@](O)(C(=O)CO)C[C@@H]3O[C@H]1C[C@@H](NC(=O)OCc2ccc(OC(=O)NC3CCC4C(c5ccc(NC(C)=O)cn5)=NN=C(c5ccccn5)C4CCC3N)cc2)[C@H](O)C(C)O1. The van der Waals surface area contributed by atoms with Gasteiger partial charge in [-0.3, -0.25) is 29.1 Å². The zero-order chi connectivity index (χ0) is 58.1. The number of amides is 3. The highest BCUT2D eigenvalue weighted by Crippen LogP contribution is 2.53. The van der Waals surface area contributed by atoms with Gasteiger partial charge in [-0.05, 0) is 80.6 Å². The number of Topliss-reactive ketones (excluding diaryl/α,β-unsaturated/α-hetero) is 1. The van der Waals surface area contributed by atoms with Crippen LogP contribution in [0, 0.1) is 11.8 Å². The molecule has 0 radical (unpaired) electrons. The molecule has 5 aromatic rings. The van der Waals surface area contributed by atoms with Gasteiger partial charge in [-0.1, -0.05) is 30.3 Å². The van der Waals surface area contributed by atoms with Crippen molar-refractivity contribution in [3.63, 3.8) is 0 Å². The minimum absolute atomic E-state index is 0.0359. The molecule has 10 rings (SSSR count). The molecule has 82 heavy (non-hydrogen) atoms. The van der Waals surface area contributed by atoms with Crippen molar-refractivity contribution in [1.82, 2.24) is 20.6 Å². The number of benzene rings is 3. The number of hydrogen-bond donors (Lipinski definition) is 9. The van der Waals surface area contributed by atoms with Crippen LogP contribution in [0.15, 0.2) is 95.4 Å². The molecule has 5 unspecified atom stereocenters. The van der Waals surface area contributed by atoms with E-state index in [1.54, 1.807) is 36.7 Å². The Bertz CT molecular complexity index is 3400. The number of ether oxygens (including phenoxy) is 5. The van der Waals surface area contributed by atoms with Crippen LogP contribution in [-0.4, -0.2) is 138 Å². The van der Waals surface area contributed by atoms with Crippen LogP contribution in [-0.2, 0) is 36.8 Å². The van der Waals surface area contributed by atoms with Gasteiger partial charge in [0.1, 0.15) is 47.9 Å². The molecule has 1 saturated carbocycles. The summed E-state index contributed by atoms with van der Waals surface area (Å²) >= 11 is 0. The summed E-state index contributed by atoms with van der Waals surface area (Å²) in [5, 5.41) is 73.9. The van der Waals surface area contributed by atoms with E-state index in [4.69, 9.17) is 29.4 Å². The normalized spacial score (nSPS) is 25.7. The number of carbonyl (C=O) groups excluding carboxylic acids is 6. The molecule has 0 bridgehead atoms. The van der Waals surface area contributed by atoms with E-state index in [1.807, 2.05) is 18.2 Å². The summed E-state index contributed by atoms with van der Waals surface area (Å²) < 4.78 is 28.7. The fraction of sp³-hybridized carbons (Fsp3) is 0.379. The van der Waals surface area contributed by atoms with Gasteiger partial charge in [-0.25, -0.2) is 9.59 Å². The van der Waals surface area contributed by atoms with Crippen molar-refractivity contribution in [2.24, 2.45) is 27.8 Å². The summed E-state index contributed by atoms with van der Waals surface area (Å²) in [6, 6.07) is 17.6. The van der Waals surface area contributed by atoms with E-state index in [-0.39, 0.29) is 64.5 Å². The third-order valence-corrected chi connectivity index (χ3v) is 15.7. The van der Waals surface area contributed by atoms with Gasteiger partial charge in [0.05, 0.1) is 76.7 Å². The van der Waals surface area contributed by atoms with Gasteiger partial charge in [-0.15, -0.1) is 0 Å². The number of nitrogens with one attached hydrogen (secondary N) is 3. The molecule has 3 aliphatic carbocycles. The molecule has 2 aliphatic heterocycles. The van der Waals surface area contributed by atoms with E-state index in [1.165, 1.54) is 51.3 Å². The molecule has 2 fully saturated rings. The highest BCUT2D eigenvalue weighted by Gasteiger charge is 2.51. The Labute approximate surface area is 468 Å².